The topological polar surface area (TPSA) is 101 Å². The van der Waals surface area contributed by atoms with Crippen LogP contribution in [0.5, 0.6) is 11.5 Å². The van der Waals surface area contributed by atoms with Crippen LogP contribution in [0, 0.1) is 10.1 Å². The fourth-order valence-corrected chi connectivity index (χ4v) is 1.71. The summed E-state index contributed by atoms with van der Waals surface area (Å²) < 4.78 is 20.1. The van der Waals surface area contributed by atoms with Gasteiger partial charge in [0.1, 0.15) is 10.7 Å². The molecule has 0 amide bonds. The zero-order valence-corrected chi connectivity index (χ0v) is 12.3. The third-order valence-corrected chi connectivity index (χ3v) is 2.80. The van der Waals surface area contributed by atoms with Crippen molar-refractivity contribution >= 4 is 17.9 Å². The lowest BCUT2D eigenvalue weighted by atomic mass is 10.2. The van der Waals surface area contributed by atoms with Gasteiger partial charge in [-0.3, -0.25) is 10.1 Å². The average Bonchev–Trinajstić information content (AvgIpc) is 3.03. The van der Waals surface area contributed by atoms with Crippen molar-refractivity contribution in [3.05, 3.63) is 58.0 Å². The summed E-state index contributed by atoms with van der Waals surface area (Å²) in [5.74, 6) is 0.111. The molecule has 2 rings (SSSR count). The molecule has 1 heterocycles. The number of carbonyl (C=O) groups is 1. The number of hydrogen-bond donors (Lipinski definition) is 0. The number of benzene rings is 1. The molecule has 23 heavy (non-hydrogen) atoms. The molecule has 1 aromatic heterocycles. The van der Waals surface area contributed by atoms with E-state index in [1.807, 2.05) is 0 Å². The molecular formula is C15H13NO7. The third kappa shape index (κ3) is 3.88. The zero-order chi connectivity index (χ0) is 16.8. The van der Waals surface area contributed by atoms with Gasteiger partial charge in [0.2, 0.25) is 0 Å². The number of methoxy groups -OCH3 is 2. The van der Waals surface area contributed by atoms with Gasteiger partial charge >= 0.3 is 11.9 Å². The van der Waals surface area contributed by atoms with E-state index in [9.17, 15) is 14.9 Å². The van der Waals surface area contributed by atoms with Gasteiger partial charge in [-0.05, 0) is 24.3 Å². The molecule has 0 aliphatic rings. The van der Waals surface area contributed by atoms with E-state index in [4.69, 9.17) is 13.9 Å². The Morgan fingerprint density at radius 3 is 2.61 bits per heavy atom. The highest BCUT2D eigenvalue weighted by Crippen LogP contribution is 2.28. The summed E-state index contributed by atoms with van der Waals surface area (Å²) in [4.78, 5) is 21.3. The van der Waals surface area contributed by atoms with Gasteiger partial charge in [0.25, 0.3) is 0 Å². The number of rotatable bonds is 6. The van der Waals surface area contributed by atoms with Gasteiger partial charge in [0.15, 0.2) is 11.5 Å². The highest BCUT2D eigenvalue weighted by Gasteiger charge is 2.12. The summed E-state index contributed by atoms with van der Waals surface area (Å²) >= 11 is 0. The molecule has 1 aromatic carbocycles. The maximum absolute atomic E-state index is 11.4. The minimum atomic E-state index is -0.632. The minimum absolute atomic E-state index is 0.266. The third-order valence-electron chi connectivity index (χ3n) is 2.80. The van der Waals surface area contributed by atoms with Crippen LogP contribution in [0.2, 0.25) is 0 Å². The van der Waals surface area contributed by atoms with Crippen molar-refractivity contribution in [1.82, 2.24) is 0 Å². The smallest absolute Gasteiger partial charge is 0.433 e. The molecule has 0 spiro atoms. The van der Waals surface area contributed by atoms with Crippen molar-refractivity contribution in [3.63, 3.8) is 0 Å². The highest BCUT2D eigenvalue weighted by molar-refractivity contribution is 5.90. The lowest BCUT2D eigenvalue weighted by Gasteiger charge is -2.08. The Labute approximate surface area is 131 Å². The number of ether oxygens (including phenoxy) is 3. The van der Waals surface area contributed by atoms with Crippen molar-refractivity contribution in [2.45, 2.75) is 0 Å². The number of nitrogens with zero attached hydrogens (tertiary/aromatic N) is 1. The summed E-state index contributed by atoms with van der Waals surface area (Å²) in [6.45, 7) is 0. The number of hydrogen-bond acceptors (Lipinski definition) is 7. The van der Waals surface area contributed by atoms with E-state index < -0.39 is 10.9 Å². The van der Waals surface area contributed by atoms with Crippen LogP contribution < -0.4 is 9.47 Å². The summed E-state index contributed by atoms with van der Waals surface area (Å²) in [6.07, 6.45) is 2.71. The molecule has 0 radical (unpaired) electrons. The number of carbonyl (C=O) groups excluding carboxylic acids is 1. The lowest BCUT2D eigenvalue weighted by Crippen LogP contribution is -2.01. The maximum atomic E-state index is 11.4. The second-order valence-corrected chi connectivity index (χ2v) is 4.21. The van der Waals surface area contributed by atoms with E-state index >= 15 is 0 Å². The molecule has 0 saturated heterocycles. The number of esters is 1. The first-order valence-electron chi connectivity index (χ1n) is 6.39. The van der Waals surface area contributed by atoms with Crippen LogP contribution in [-0.4, -0.2) is 25.1 Å². The van der Waals surface area contributed by atoms with Crippen LogP contribution in [0.3, 0.4) is 0 Å². The van der Waals surface area contributed by atoms with E-state index in [0.717, 1.165) is 0 Å². The Hall–Kier alpha value is -3.29. The molecule has 0 atom stereocenters. The fourth-order valence-electron chi connectivity index (χ4n) is 1.71. The van der Waals surface area contributed by atoms with Crippen molar-refractivity contribution < 1.29 is 28.3 Å². The molecule has 0 aliphatic carbocycles. The van der Waals surface area contributed by atoms with Crippen molar-refractivity contribution in [1.29, 1.82) is 0 Å². The van der Waals surface area contributed by atoms with Gasteiger partial charge in [-0.25, -0.2) is 4.79 Å². The molecule has 120 valence electrons. The van der Waals surface area contributed by atoms with Crippen LogP contribution in [0.4, 0.5) is 5.88 Å². The van der Waals surface area contributed by atoms with Crippen LogP contribution in [0.15, 0.2) is 41.0 Å². The van der Waals surface area contributed by atoms with Gasteiger partial charge in [0, 0.05) is 6.08 Å². The Kier molecular flexibility index (Phi) is 4.98. The van der Waals surface area contributed by atoms with Crippen molar-refractivity contribution in [3.8, 4) is 11.5 Å². The molecule has 8 heteroatoms. The average molecular weight is 319 g/mol. The summed E-state index contributed by atoms with van der Waals surface area (Å²) in [5, 5.41) is 10.5. The summed E-state index contributed by atoms with van der Waals surface area (Å²) in [7, 11) is 2.72. The van der Waals surface area contributed by atoms with Crippen LogP contribution in [0.25, 0.3) is 6.08 Å². The Morgan fingerprint density at radius 2 is 2.00 bits per heavy atom. The second-order valence-electron chi connectivity index (χ2n) is 4.21. The van der Waals surface area contributed by atoms with Gasteiger partial charge in [-0.15, -0.1) is 0 Å². The minimum Gasteiger partial charge on any atom is -0.493 e. The van der Waals surface area contributed by atoms with Gasteiger partial charge < -0.3 is 18.6 Å². The fraction of sp³-hybridized carbons (Fsp3) is 0.133. The van der Waals surface area contributed by atoms with Gasteiger partial charge in [-0.2, -0.15) is 0 Å². The summed E-state index contributed by atoms with van der Waals surface area (Å²) in [6, 6.07) is 7.23. The van der Waals surface area contributed by atoms with Crippen LogP contribution in [-0.2, 0) is 4.74 Å². The largest absolute Gasteiger partial charge is 0.493 e. The molecule has 0 saturated carbocycles. The van der Waals surface area contributed by atoms with Crippen LogP contribution >= 0.6 is 0 Å². The summed E-state index contributed by atoms with van der Waals surface area (Å²) in [5.41, 5.74) is 0.322. The monoisotopic (exact) mass is 319 g/mol. The molecule has 0 unspecified atom stereocenters. The first kappa shape index (κ1) is 16.1. The molecule has 2 aromatic rings. The lowest BCUT2D eigenvalue weighted by molar-refractivity contribution is -0.402. The molecule has 0 aliphatic heterocycles. The van der Waals surface area contributed by atoms with Gasteiger partial charge in [-0.1, -0.05) is 0 Å². The Bertz CT molecular complexity index is 748. The van der Waals surface area contributed by atoms with Crippen molar-refractivity contribution in [2.75, 3.05) is 14.2 Å². The standard InChI is InChI=1S/C15H13NO7/c1-20-13-9-10(15(17)21-2)3-5-12(13)22-8-7-11-4-6-14(23-11)16(18)19/h3-9H,1-2H3/b8-7+. The van der Waals surface area contributed by atoms with E-state index in [2.05, 4.69) is 4.74 Å². The molecule has 8 nitrogen and oxygen atoms in total. The van der Waals surface area contributed by atoms with E-state index in [1.54, 1.807) is 6.07 Å². The first-order chi connectivity index (χ1) is 11.0. The van der Waals surface area contributed by atoms with Gasteiger partial charge in [0.05, 0.1) is 32.1 Å². The van der Waals surface area contributed by atoms with E-state index in [0.29, 0.717) is 17.1 Å². The molecule has 0 fully saturated rings. The highest BCUT2D eigenvalue weighted by atomic mass is 16.6. The molecular weight excluding hydrogens is 306 g/mol. The normalized spacial score (nSPS) is 10.5. The van der Waals surface area contributed by atoms with E-state index in [1.165, 1.54) is 50.8 Å². The zero-order valence-electron chi connectivity index (χ0n) is 12.3. The number of nitro groups is 1. The SMILES string of the molecule is COC(=O)c1ccc(O/C=C/c2ccc([N+](=O)[O-])o2)c(OC)c1. The predicted molar refractivity (Wildman–Crippen MR) is 79.4 cm³/mol. The quantitative estimate of drug-likeness (QED) is 0.349. The molecule has 0 N–H and O–H groups in total. The van der Waals surface area contributed by atoms with Crippen molar-refractivity contribution in [2.24, 2.45) is 0 Å². The Balaban J connectivity index is 2.11. The van der Waals surface area contributed by atoms with Crippen LogP contribution in [0.1, 0.15) is 16.1 Å². The predicted octanol–water partition coefficient (Wildman–Crippen LogP) is 3.03. The number of furan rings is 1. The van der Waals surface area contributed by atoms with E-state index in [-0.39, 0.29) is 11.6 Å². The molecule has 0 bridgehead atoms. The maximum Gasteiger partial charge on any atom is 0.433 e. The second kappa shape index (κ2) is 7.12. The Morgan fingerprint density at radius 1 is 1.22 bits per heavy atom. The first-order valence-corrected chi connectivity index (χ1v) is 6.39.